The van der Waals surface area contributed by atoms with Crippen LogP contribution in [-0.4, -0.2) is 36.5 Å². The van der Waals surface area contributed by atoms with E-state index in [1.807, 2.05) is 6.92 Å². The number of hydrogen-bond acceptors (Lipinski definition) is 3. The van der Waals surface area contributed by atoms with Gasteiger partial charge < -0.3 is 15.2 Å². The Morgan fingerprint density at radius 3 is 2.20 bits per heavy atom. The minimum absolute atomic E-state index is 0.0887. The number of aliphatic hydroxyl groups is 1. The summed E-state index contributed by atoms with van der Waals surface area (Å²) >= 11 is 0. The maximum atomic E-state index is 9.03. The van der Waals surface area contributed by atoms with E-state index in [4.69, 9.17) is 9.84 Å². The number of nitrogens with one attached hydrogen (secondary N) is 1. The Kier molecular flexibility index (Phi) is 6.41. The molecule has 3 nitrogen and oxygen atoms in total. The molecule has 3 heteroatoms. The summed E-state index contributed by atoms with van der Waals surface area (Å²) in [4.78, 5) is 0. The lowest BCUT2D eigenvalue weighted by Gasteiger charge is -2.30. The Bertz CT molecular complexity index is 171. The van der Waals surface area contributed by atoms with Gasteiger partial charge in [0.2, 0.25) is 0 Å². The van der Waals surface area contributed by atoms with Crippen LogP contribution in [0.3, 0.4) is 0 Å². The van der Waals surface area contributed by atoms with Gasteiger partial charge in [-0.05, 0) is 40.0 Å². The van der Waals surface area contributed by atoms with Gasteiger partial charge in [-0.15, -0.1) is 0 Å². The molecule has 0 bridgehead atoms. The molecule has 0 saturated heterocycles. The highest BCUT2D eigenvalue weighted by molar-refractivity contribution is 4.78. The summed E-state index contributed by atoms with van der Waals surface area (Å²) in [7, 11) is 1.74. The van der Waals surface area contributed by atoms with Gasteiger partial charge in [-0.3, -0.25) is 0 Å². The highest BCUT2D eigenvalue weighted by Crippen LogP contribution is 2.16. The van der Waals surface area contributed by atoms with E-state index in [0.717, 1.165) is 6.42 Å². The molecule has 3 unspecified atom stereocenters. The topological polar surface area (TPSA) is 41.5 Å². The third kappa shape index (κ3) is 6.13. The number of rotatable bonds is 7. The molecule has 15 heavy (non-hydrogen) atoms. The lowest BCUT2D eigenvalue weighted by molar-refractivity contribution is 0.00702. The molecule has 0 aliphatic heterocycles. The maximum Gasteiger partial charge on any atom is 0.0637 e. The van der Waals surface area contributed by atoms with Crippen LogP contribution in [0.25, 0.3) is 0 Å². The van der Waals surface area contributed by atoms with E-state index >= 15 is 0 Å². The lowest BCUT2D eigenvalue weighted by atomic mass is 9.97. The van der Waals surface area contributed by atoms with Crippen molar-refractivity contribution in [3.8, 4) is 0 Å². The molecule has 2 N–H and O–H groups in total. The van der Waals surface area contributed by atoms with Crippen LogP contribution in [0.4, 0.5) is 0 Å². The van der Waals surface area contributed by atoms with Crippen LogP contribution < -0.4 is 5.32 Å². The van der Waals surface area contributed by atoms with Gasteiger partial charge in [0.05, 0.1) is 5.60 Å². The van der Waals surface area contributed by atoms with Gasteiger partial charge in [0.1, 0.15) is 0 Å². The molecule has 0 rings (SSSR count). The zero-order valence-electron chi connectivity index (χ0n) is 11.0. The van der Waals surface area contributed by atoms with Crippen LogP contribution in [0, 0.1) is 5.92 Å². The van der Waals surface area contributed by atoms with Crippen LogP contribution in [0.2, 0.25) is 0 Å². The molecular formula is C12H27NO2. The molecular weight excluding hydrogens is 190 g/mol. The van der Waals surface area contributed by atoms with E-state index in [1.54, 1.807) is 7.11 Å². The summed E-state index contributed by atoms with van der Waals surface area (Å²) in [6.45, 7) is 10.7. The Hall–Kier alpha value is -0.120. The third-order valence-electron chi connectivity index (χ3n) is 3.04. The summed E-state index contributed by atoms with van der Waals surface area (Å²) in [5, 5.41) is 12.5. The number of ether oxygens (including phenoxy) is 1. The van der Waals surface area contributed by atoms with Gasteiger partial charge in [-0.1, -0.05) is 6.92 Å². The fraction of sp³-hybridized carbons (Fsp3) is 1.00. The van der Waals surface area contributed by atoms with Gasteiger partial charge >= 0.3 is 0 Å². The first-order chi connectivity index (χ1) is 6.82. The Morgan fingerprint density at radius 1 is 1.27 bits per heavy atom. The highest BCUT2D eigenvalue weighted by atomic mass is 16.5. The van der Waals surface area contributed by atoms with E-state index in [2.05, 4.69) is 33.0 Å². The molecule has 0 fully saturated rings. The summed E-state index contributed by atoms with van der Waals surface area (Å²) in [5.74, 6) is 0.290. The lowest BCUT2D eigenvalue weighted by Crippen LogP contribution is -2.43. The molecule has 0 aliphatic rings. The second kappa shape index (κ2) is 6.46. The van der Waals surface area contributed by atoms with Crippen molar-refractivity contribution in [1.82, 2.24) is 5.32 Å². The molecule has 0 aromatic rings. The molecule has 0 heterocycles. The van der Waals surface area contributed by atoms with Crippen LogP contribution in [0.15, 0.2) is 0 Å². The van der Waals surface area contributed by atoms with Crippen molar-refractivity contribution >= 4 is 0 Å². The van der Waals surface area contributed by atoms with Crippen molar-refractivity contribution in [1.29, 1.82) is 0 Å². The van der Waals surface area contributed by atoms with Gasteiger partial charge in [0.15, 0.2) is 0 Å². The van der Waals surface area contributed by atoms with Crippen molar-refractivity contribution in [3.63, 3.8) is 0 Å². The van der Waals surface area contributed by atoms with E-state index in [1.165, 1.54) is 0 Å². The van der Waals surface area contributed by atoms with E-state index < -0.39 is 0 Å². The molecule has 0 radical (unpaired) electrons. The second-order valence-electron chi connectivity index (χ2n) is 5.18. The third-order valence-corrected chi connectivity index (χ3v) is 3.04. The Labute approximate surface area is 94.2 Å². The Morgan fingerprint density at radius 2 is 1.80 bits per heavy atom. The fourth-order valence-corrected chi connectivity index (χ4v) is 1.65. The van der Waals surface area contributed by atoms with Crippen LogP contribution in [0.1, 0.15) is 41.0 Å². The standard InChI is InChI=1S/C12H27NO2/c1-9(8-14)11(3)13-10(2)7-12(4,5)15-6/h9-11,13-14H,7-8H2,1-6H3. The molecule has 0 aromatic heterocycles. The second-order valence-corrected chi connectivity index (χ2v) is 5.18. The molecule has 92 valence electrons. The number of methoxy groups -OCH3 is 1. The van der Waals surface area contributed by atoms with E-state index in [0.29, 0.717) is 12.1 Å². The predicted octanol–water partition coefficient (Wildman–Crippen LogP) is 1.80. The minimum Gasteiger partial charge on any atom is -0.396 e. The van der Waals surface area contributed by atoms with Gasteiger partial charge in [0, 0.05) is 25.8 Å². The van der Waals surface area contributed by atoms with Crippen molar-refractivity contribution in [2.75, 3.05) is 13.7 Å². The predicted molar refractivity (Wildman–Crippen MR) is 64.0 cm³/mol. The number of aliphatic hydroxyl groups excluding tert-OH is 1. The van der Waals surface area contributed by atoms with E-state index in [9.17, 15) is 0 Å². The molecule has 0 aliphatic carbocycles. The molecule has 0 amide bonds. The first-order valence-corrected chi connectivity index (χ1v) is 5.74. The summed E-state index contributed by atoms with van der Waals surface area (Å²) in [6.07, 6.45) is 0.964. The average Bonchev–Trinajstić information content (AvgIpc) is 2.15. The monoisotopic (exact) mass is 217 g/mol. The fourth-order valence-electron chi connectivity index (χ4n) is 1.65. The zero-order chi connectivity index (χ0) is 12.1. The van der Waals surface area contributed by atoms with Crippen LogP contribution >= 0.6 is 0 Å². The molecule has 0 aromatic carbocycles. The number of hydrogen-bond donors (Lipinski definition) is 2. The SMILES string of the molecule is COC(C)(C)CC(C)NC(C)C(C)CO. The molecule has 3 atom stereocenters. The van der Waals surface area contributed by atoms with Crippen molar-refractivity contribution in [2.45, 2.75) is 58.7 Å². The highest BCUT2D eigenvalue weighted by Gasteiger charge is 2.22. The van der Waals surface area contributed by atoms with Crippen molar-refractivity contribution < 1.29 is 9.84 Å². The van der Waals surface area contributed by atoms with Crippen LogP contribution in [-0.2, 0) is 4.74 Å². The van der Waals surface area contributed by atoms with Crippen molar-refractivity contribution in [2.24, 2.45) is 5.92 Å². The molecule has 0 saturated carbocycles. The first-order valence-electron chi connectivity index (χ1n) is 5.74. The van der Waals surface area contributed by atoms with Crippen LogP contribution in [0.5, 0.6) is 0 Å². The van der Waals surface area contributed by atoms with Crippen molar-refractivity contribution in [3.05, 3.63) is 0 Å². The largest absolute Gasteiger partial charge is 0.396 e. The minimum atomic E-state index is -0.0887. The quantitative estimate of drug-likeness (QED) is 0.683. The summed E-state index contributed by atoms with van der Waals surface area (Å²) in [6, 6.07) is 0.724. The smallest absolute Gasteiger partial charge is 0.0637 e. The van der Waals surface area contributed by atoms with Gasteiger partial charge in [-0.25, -0.2) is 0 Å². The van der Waals surface area contributed by atoms with E-state index in [-0.39, 0.29) is 18.1 Å². The van der Waals surface area contributed by atoms with Gasteiger partial charge in [-0.2, -0.15) is 0 Å². The first kappa shape index (κ1) is 14.9. The Balaban J connectivity index is 3.98. The van der Waals surface area contributed by atoms with Gasteiger partial charge in [0.25, 0.3) is 0 Å². The maximum absolute atomic E-state index is 9.03. The molecule has 0 spiro atoms. The average molecular weight is 217 g/mol. The summed E-state index contributed by atoms with van der Waals surface area (Å²) < 4.78 is 5.39. The summed E-state index contributed by atoms with van der Waals surface area (Å²) in [5.41, 5.74) is -0.0887. The zero-order valence-corrected chi connectivity index (χ0v) is 11.0. The normalized spacial score (nSPS) is 18.6.